The van der Waals surface area contributed by atoms with E-state index in [0.717, 1.165) is 47.5 Å². The first-order chi connectivity index (χ1) is 14.1. The summed E-state index contributed by atoms with van der Waals surface area (Å²) in [6.45, 7) is 7.46. The average molecular weight is 413 g/mol. The van der Waals surface area contributed by atoms with E-state index in [9.17, 15) is 4.39 Å². The van der Waals surface area contributed by atoms with Crippen molar-refractivity contribution in [3.05, 3.63) is 48.0 Å². The minimum absolute atomic E-state index is 0.102. The Labute approximate surface area is 170 Å². The summed E-state index contributed by atoms with van der Waals surface area (Å²) in [7, 11) is 0. The van der Waals surface area contributed by atoms with Crippen molar-refractivity contribution in [2.45, 2.75) is 19.9 Å². The number of benzene rings is 1. The van der Waals surface area contributed by atoms with Crippen LogP contribution in [0.15, 0.2) is 35.0 Å². The molecule has 29 heavy (non-hydrogen) atoms. The molecule has 0 spiro atoms. The van der Waals surface area contributed by atoms with Crippen LogP contribution in [0.3, 0.4) is 0 Å². The summed E-state index contributed by atoms with van der Waals surface area (Å²) in [6.07, 6.45) is 1.89. The maximum Gasteiger partial charge on any atom is 0.243 e. The molecule has 1 aliphatic rings. The van der Waals surface area contributed by atoms with E-state index in [4.69, 9.17) is 9.62 Å². The molecule has 4 heterocycles. The Hall–Kier alpha value is -2.85. The lowest BCUT2D eigenvalue weighted by atomic mass is 10.2. The fourth-order valence-corrected chi connectivity index (χ4v) is 4.45. The molecular formula is C19H20FN7OS. The Morgan fingerprint density at radius 1 is 1.10 bits per heavy atom. The predicted molar refractivity (Wildman–Crippen MR) is 107 cm³/mol. The van der Waals surface area contributed by atoms with Gasteiger partial charge in [-0.25, -0.2) is 13.9 Å². The van der Waals surface area contributed by atoms with Crippen molar-refractivity contribution in [3.8, 4) is 11.3 Å². The van der Waals surface area contributed by atoms with E-state index in [-0.39, 0.29) is 11.9 Å². The van der Waals surface area contributed by atoms with Gasteiger partial charge in [-0.15, -0.1) is 5.10 Å². The van der Waals surface area contributed by atoms with Crippen molar-refractivity contribution in [1.29, 1.82) is 0 Å². The smallest absolute Gasteiger partial charge is 0.243 e. The Kier molecular flexibility index (Phi) is 4.51. The fourth-order valence-electron chi connectivity index (χ4n) is 3.52. The zero-order chi connectivity index (χ0) is 20.0. The number of imidazole rings is 1. The number of aryl methyl sites for hydroxylation is 1. The van der Waals surface area contributed by atoms with Crippen molar-refractivity contribution in [2.24, 2.45) is 0 Å². The van der Waals surface area contributed by atoms with Crippen molar-refractivity contribution in [1.82, 2.24) is 29.6 Å². The minimum Gasteiger partial charge on any atom is -0.344 e. The minimum atomic E-state index is -0.252. The molecule has 1 fully saturated rings. The van der Waals surface area contributed by atoms with Crippen LogP contribution in [0.25, 0.3) is 16.2 Å². The molecule has 0 aliphatic carbocycles. The number of halogens is 1. The third-order valence-corrected chi connectivity index (χ3v) is 6.19. The number of nitrogens with zero attached hydrogens (tertiary/aromatic N) is 7. The molecule has 1 unspecified atom stereocenters. The average Bonchev–Trinajstić information content (AvgIpc) is 3.43. The number of rotatable bonds is 4. The van der Waals surface area contributed by atoms with Gasteiger partial charge < -0.3 is 9.42 Å². The van der Waals surface area contributed by atoms with E-state index in [2.05, 4.69) is 31.8 Å². The van der Waals surface area contributed by atoms with Crippen LogP contribution >= 0.6 is 11.3 Å². The lowest BCUT2D eigenvalue weighted by Gasteiger charge is -2.36. The van der Waals surface area contributed by atoms with Crippen LogP contribution < -0.4 is 4.90 Å². The van der Waals surface area contributed by atoms with E-state index in [1.807, 2.05) is 13.1 Å². The van der Waals surface area contributed by atoms with Crippen LogP contribution in [0.4, 0.5) is 9.52 Å². The highest BCUT2D eigenvalue weighted by Gasteiger charge is 2.27. The Morgan fingerprint density at radius 3 is 2.52 bits per heavy atom. The molecule has 10 heteroatoms. The molecule has 0 N–H and O–H groups in total. The second-order valence-corrected chi connectivity index (χ2v) is 8.06. The van der Waals surface area contributed by atoms with Gasteiger partial charge in [0.05, 0.1) is 17.9 Å². The van der Waals surface area contributed by atoms with Gasteiger partial charge in [0.1, 0.15) is 5.82 Å². The first-order valence-corrected chi connectivity index (χ1v) is 10.3. The van der Waals surface area contributed by atoms with Crippen LogP contribution in [-0.2, 0) is 0 Å². The van der Waals surface area contributed by atoms with Crippen LogP contribution in [0.5, 0.6) is 0 Å². The molecule has 1 saturated heterocycles. The lowest BCUT2D eigenvalue weighted by molar-refractivity contribution is 0.164. The molecule has 1 aliphatic heterocycles. The topological polar surface area (TPSA) is 75.6 Å². The number of aromatic nitrogens is 5. The Bertz CT molecular complexity index is 1100. The predicted octanol–water partition coefficient (Wildman–Crippen LogP) is 3.17. The zero-order valence-corrected chi connectivity index (χ0v) is 16.9. The van der Waals surface area contributed by atoms with Gasteiger partial charge in [0.15, 0.2) is 5.82 Å². The fraction of sp³-hybridized carbons (Fsp3) is 0.368. The number of hydrogen-bond acceptors (Lipinski definition) is 8. The maximum atomic E-state index is 13.1. The molecule has 150 valence electrons. The highest BCUT2D eigenvalue weighted by molar-refractivity contribution is 7.20. The zero-order valence-electron chi connectivity index (χ0n) is 16.1. The first kappa shape index (κ1) is 18.2. The van der Waals surface area contributed by atoms with Crippen LogP contribution in [-0.4, -0.2) is 55.8 Å². The van der Waals surface area contributed by atoms with E-state index in [1.54, 1.807) is 28.0 Å². The number of piperazine rings is 1. The van der Waals surface area contributed by atoms with Gasteiger partial charge in [-0.1, -0.05) is 16.5 Å². The van der Waals surface area contributed by atoms with Crippen molar-refractivity contribution < 1.29 is 8.91 Å². The van der Waals surface area contributed by atoms with Gasteiger partial charge >= 0.3 is 0 Å². The second kappa shape index (κ2) is 7.20. The molecule has 5 rings (SSSR count). The van der Waals surface area contributed by atoms with Gasteiger partial charge in [0.25, 0.3) is 0 Å². The van der Waals surface area contributed by atoms with E-state index in [0.29, 0.717) is 11.7 Å². The Balaban J connectivity index is 1.27. The largest absolute Gasteiger partial charge is 0.344 e. The highest BCUT2D eigenvalue weighted by Crippen LogP contribution is 2.28. The van der Waals surface area contributed by atoms with Gasteiger partial charge in [0.2, 0.25) is 16.0 Å². The normalized spacial score (nSPS) is 16.6. The van der Waals surface area contributed by atoms with E-state index >= 15 is 0 Å². The van der Waals surface area contributed by atoms with Crippen molar-refractivity contribution >= 4 is 21.4 Å². The van der Waals surface area contributed by atoms with Gasteiger partial charge in [-0.2, -0.15) is 4.98 Å². The van der Waals surface area contributed by atoms with Crippen LogP contribution in [0.1, 0.15) is 24.7 Å². The molecule has 3 aromatic heterocycles. The van der Waals surface area contributed by atoms with Crippen LogP contribution in [0, 0.1) is 12.7 Å². The number of anilines is 1. The second-order valence-electron chi connectivity index (χ2n) is 7.12. The molecule has 0 radical (unpaired) electrons. The third-order valence-electron chi connectivity index (χ3n) is 5.21. The van der Waals surface area contributed by atoms with E-state index in [1.165, 1.54) is 12.1 Å². The van der Waals surface area contributed by atoms with Crippen molar-refractivity contribution in [2.75, 3.05) is 31.1 Å². The summed E-state index contributed by atoms with van der Waals surface area (Å²) in [5.74, 6) is 1.08. The monoisotopic (exact) mass is 413 g/mol. The molecule has 8 nitrogen and oxygen atoms in total. The number of fused-ring (bicyclic) bond motifs is 1. The lowest BCUT2D eigenvalue weighted by Crippen LogP contribution is -2.47. The molecule has 1 atom stereocenters. The summed E-state index contributed by atoms with van der Waals surface area (Å²) >= 11 is 1.56. The highest BCUT2D eigenvalue weighted by atomic mass is 32.1. The molecule has 0 bridgehead atoms. The molecule has 1 aromatic carbocycles. The summed E-state index contributed by atoms with van der Waals surface area (Å²) in [5, 5.41) is 9.54. The van der Waals surface area contributed by atoms with E-state index < -0.39 is 0 Å². The quantitative estimate of drug-likeness (QED) is 0.509. The van der Waals surface area contributed by atoms with Gasteiger partial charge in [-0.3, -0.25) is 4.90 Å². The third kappa shape index (κ3) is 3.49. The maximum absolute atomic E-state index is 13.1. The molecular weight excluding hydrogens is 393 g/mol. The van der Waals surface area contributed by atoms with Gasteiger partial charge in [0, 0.05) is 31.7 Å². The molecule has 4 aromatic rings. The summed E-state index contributed by atoms with van der Waals surface area (Å²) < 4.78 is 20.2. The summed E-state index contributed by atoms with van der Waals surface area (Å²) in [4.78, 5) is 14.4. The SMILES string of the molecule is Cc1noc(C(C)N2CCN(c3nn4cc(-c5ccc(F)cc5)nc4s3)CC2)n1. The van der Waals surface area contributed by atoms with Crippen LogP contribution in [0.2, 0.25) is 0 Å². The molecule has 0 saturated carbocycles. The van der Waals surface area contributed by atoms with Crippen molar-refractivity contribution in [3.63, 3.8) is 0 Å². The molecule has 0 amide bonds. The van der Waals surface area contributed by atoms with Gasteiger partial charge in [-0.05, 0) is 38.1 Å². The Morgan fingerprint density at radius 2 is 1.86 bits per heavy atom. The standard InChI is InChI=1S/C19H20FN7OS/c1-12(17-21-13(2)24-28-17)25-7-9-26(10-8-25)19-23-27-11-16(22-18(27)29-19)14-3-5-15(20)6-4-14/h3-6,11-12H,7-10H2,1-2H3. The number of hydrogen-bond donors (Lipinski definition) is 0. The first-order valence-electron chi connectivity index (χ1n) is 9.48. The summed E-state index contributed by atoms with van der Waals surface area (Å²) in [6, 6.07) is 6.45. The summed E-state index contributed by atoms with van der Waals surface area (Å²) in [5.41, 5.74) is 1.67.